The smallest absolute Gasteiger partial charge is 0.416 e. The van der Waals surface area contributed by atoms with Gasteiger partial charge in [0, 0.05) is 48.5 Å². The van der Waals surface area contributed by atoms with Gasteiger partial charge in [0.05, 0.1) is 30.5 Å². The highest BCUT2D eigenvalue weighted by Gasteiger charge is 2.33. The zero-order chi connectivity index (χ0) is 28.6. The van der Waals surface area contributed by atoms with Gasteiger partial charge in [-0.2, -0.15) is 29.2 Å². The Labute approximate surface area is 239 Å². The molecule has 1 fully saturated rings. The first-order chi connectivity index (χ1) is 19.7. The molecule has 0 saturated carbocycles. The van der Waals surface area contributed by atoms with E-state index in [1.807, 2.05) is 42.1 Å². The number of rotatable bonds is 5. The van der Waals surface area contributed by atoms with Crippen molar-refractivity contribution in [2.45, 2.75) is 30.7 Å². The third-order valence-corrected chi connectivity index (χ3v) is 9.78. The van der Waals surface area contributed by atoms with Crippen LogP contribution in [0, 0.1) is 0 Å². The maximum Gasteiger partial charge on any atom is 0.416 e. The first-order valence-electron chi connectivity index (χ1n) is 12.9. The number of benzene rings is 3. The van der Waals surface area contributed by atoms with Crippen LogP contribution in [-0.4, -0.2) is 52.3 Å². The number of nitrogens with zero attached hydrogens (tertiary/aromatic N) is 5. The fourth-order valence-electron chi connectivity index (χ4n) is 4.87. The maximum atomic E-state index is 14.0. The van der Waals surface area contributed by atoms with Gasteiger partial charge in [-0.25, -0.2) is 13.1 Å². The minimum Gasteiger partial charge on any atom is -0.456 e. The van der Waals surface area contributed by atoms with Crippen LogP contribution in [0.3, 0.4) is 0 Å². The molecule has 3 aromatic carbocycles. The molecular weight excluding hydrogens is 575 g/mol. The highest BCUT2D eigenvalue weighted by molar-refractivity contribution is 7.99. The number of hydrogen-bond donors (Lipinski definition) is 0. The molecule has 6 rings (SSSR count). The third-order valence-electron chi connectivity index (χ3n) is 7.01. The number of ether oxygens (including phenoxy) is 1. The quantitative estimate of drug-likeness (QED) is 0.303. The van der Waals surface area contributed by atoms with Crippen LogP contribution in [0.15, 0.2) is 77.8 Å². The van der Waals surface area contributed by atoms with Crippen molar-refractivity contribution in [3.8, 4) is 11.5 Å². The van der Waals surface area contributed by atoms with Gasteiger partial charge in [0.25, 0.3) is 0 Å². The summed E-state index contributed by atoms with van der Waals surface area (Å²) in [6.07, 6.45) is -2.81. The van der Waals surface area contributed by atoms with Crippen molar-refractivity contribution in [3.05, 3.63) is 95.3 Å². The molecule has 214 valence electrons. The number of hydrogen-bond acceptors (Lipinski definition) is 7. The lowest BCUT2D eigenvalue weighted by molar-refractivity contribution is -0.137. The van der Waals surface area contributed by atoms with Gasteiger partial charge in [-0.1, -0.05) is 35.5 Å². The van der Waals surface area contributed by atoms with Gasteiger partial charge in [0.1, 0.15) is 16.4 Å². The SMILES string of the molecule is O=S1(=O)c2ccc(N3CCSCC3)cc2Oc2ccccc2CN1Cc1cn(Cc2ccc(C(F)(F)F)cc2)nn1. The van der Waals surface area contributed by atoms with Crippen LogP contribution >= 0.6 is 11.8 Å². The van der Waals surface area contributed by atoms with E-state index in [1.165, 1.54) is 21.1 Å². The normalized spacial score (nSPS) is 17.2. The van der Waals surface area contributed by atoms with E-state index in [0.29, 0.717) is 22.6 Å². The molecule has 0 radical (unpaired) electrons. The molecule has 0 aliphatic carbocycles. The van der Waals surface area contributed by atoms with E-state index in [-0.39, 0.29) is 30.3 Å². The topological polar surface area (TPSA) is 80.6 Å². The molecule has 0 spiro atoms. The van der Waals surface area contributed by atoms with Gasteiger partial charge in [-0.3, -0.25) is 0 Å². The van der Waals surface area contributed by atoms with Crippen molar-refractivity contribution >= 4 is 27.5 Å². The van der Waals surface area contributed by atoms with E-state index in [0.717, 1.165) is 42.4 Å². The first-order valence-corrected chi connectivity index (χ1v) is 15.5. The van der Waals surface area contributed by atoms with Crippen LogP contribution in [0.2, 0.25) is 0 Å². The third kappa shape index (κ3) is 5.92. The van der Waals surface area contributed by atoms with Crippen LogP contribution < -0.4 is 9.64 Å². The Bertz CT molecular complexity index is 1650. The van der Waals surface area contributed by atoms with Gasteiger partial charge in [-0.15, -0.1) is 5.10 Å². The summed E-state index contributed by atoms with van der Waals surface area (Å²) in [5.41, 5.74) is 1.91. The van der Waals surface area contributed by atoms with E-state index < -0.39 is 21.8 Å². The molecule has 0 N–H and O–H groups in total. The number of alkyl halides is 3. The van der Waals surface area contributed by atoms with Crippen LogP contribution in [0.4, 0.5) is 18.9 Å². The van der Waals surface area contributed by atoms with E-state index in [4.69, 9.17) is 4.74 Å². The molecule has 0 amide bonds. The summed E-state index contributed by atoms with van der Waals surface area (Å²) < 4.78 is 75.6. The minimum atomic E-state index is -4.41. The molecule has 2 aliphatic rings. The highest BCUT2D eigenvalue weighted by Crippen LogP contribution is 2.39. The summed E-state index contributed by atoms with van der Waals surface area (Å²) in [6.45, 7) is 1.96. The summed E-state index contributed by atoms with van der Waals surface area (Å²) >= 11 is 1.89. The fraction of sp³-hybridized carbons (Fsp3) is 0.286. The molecule has 1 aromatic heterocycles. The molecular formula is C28H26F3N5O3S2. The number of aromatic nitrogens is 3. The average molecular weight is 602 g/mol. The van der Waals surface area contributed by atoms with Crippen molar-refractivity contribution < 1.29 is 26.3 Å². The van der Waals surface area contributed by atoms with Crippen molar-refractivity contribution in [1.29, 1.82) is 0 Å². The molecule has 41 heavy (non-hydrogen) atoms. The largest absolute Gasteiger partial charge is 0.456 e. The molecule has 8 nitrogen and oxygen atoms in total. The Balaban J connectivity index is 1.28. The van der Waals surface area contributed by atoms with Gasteiger partial charge in [-0.05, 0) is 35.9 Å². The molecule has 4 aromatic rings. The maximum absolute atomic E-state index is 14.0. The Morgan fingerprint density at radius 2 is 1.68 bits per heavy atom. The zero-order valence-electron chi connectivity index (χ0n) is 21.8. The lowest BCUT2D eigenvalue weighted by Gasteiger charge is -2.30. The lowest BCUT2D eigenvalue weighted by atomic mass is 10.1. The summed E-state index contributed by atoms with van der Waals surface area (Å²) in [4.78, 5) is 2.30. The average Bonchev–Trinajstić information content (AvgIpc) is 3.40. The fourth-order valence-corrected chi connectivity index (χ4v) is 7.26. The standard InChI is InChI=1S/C28H26F3N5O3S2/c29-28(30,31)22-7-5-20(6-8-22)16-35-18-23(32-33-35)19-36-17-21-3-1-2-4-25(21)39-26-15-24(34-11-13-40-14-12-34)9-10-27(26)41(36,37)38/h1-10,15,18H,11-14,16-17,19H2. The zero-order valence-corrected chi connectivity index (χ0v) is 23.4. The Kier molecular flexibility index (Phi) is 7.43. The van der Waals surface area contributed by atoms with Crippen molar-refractivity contribution in [2.24, 2.45) is 0 Å². The molecule has 0 atom stereocenters. The second-order valence-corrected chi connectivity index (χ2v) is 12.9. The van der Waals surface area contributed by atoms with Crippen LogP contribution in [-0.2, 0) is 35.8 Å². The summed E-state index contributed by atoms with van der Waals surface area (Å²) in [5, 5.41) is 8.24. The molecule has 3 heterocycles. The Morgan fingerprint density at radius 1 is 0.927 bits per heavy atom. The number of sulfonamides is 1. The molecule has 1 saturated heterocycles. The number of para-hydroxylation sites is 1. The van der Waals surface area contributed by atoms with Gasteiger partial charge in [0.2, 0.25) is 10.0 Å². The van der Waals surface area contributed by atoms with E-state index in [2.05, 4.69) is 15.2 Å². The van der Waals surface area contributed by atoms with Gasteiger partial charge in [0.15, 0.2) is 0 Å². The number of fused-ring (bicyclic) bond motifs is 2. The highest BCUT2D eigenvalue weighted by atomic mass is 32.2. The molecule has 0 bridgehead atoms. The summed E-state index contributed by atoms with van der Waals surface area (Å²) in [5.74, 6) is 2.86. The molecule has 13 heteroatoms. The Hall–Kier alpha value is -3.55. The Morgan fingerprint density at radius 3 is 2.44 bits per heavy atom. The minimum absolute atomic E-state index is 0.0474. The second kappa shape index (κ2) is 11.0. The number of halogens is 3. The number of thioether (sulfide) groups is 1. The van der Waals surface area contributed by atoms with Crippen molar-refractivity contribution in [3.63, 3.8) is 0 Å². The van der Waals surface area contributed by atoms with Gasteiger partial charge >= 0.3 is 6.18 Å². The molecule has 2 aliphatic heterocycles. The van der Waals surface area contributed by atoms with E-state index in [1.54, 1.807) is 18.3 Å². The molecule has 0 unspecified atom stereocenters. The van der Waals surface area contributed by atoms with Crippen molar-refractivity contribution in [1.82, 2.24) is 19.3 Å². The van der Waals surface area contributed by atoms with Gasteiger partial charge < -0.3 is 9.64 Å². The van der Waals surface area contributed by atoms with E-state index >= 15 is 0 Å². The van der Waals surface area contributed by atoms with Crippen LogP contribution in [0.1, 0.15) is 22.4 Å². The monoisotopic (exact) mass is 601 g/mol. The predicted molar refractivity (Wildman–Crippen MR) is 149 cm³/mol. The van der Waals surface area contributed by atoms with E-state index in [9.17, 15) is 21.6 Å². The second-order valence-electron chi connectivity index (χ2n) is 9.82. The first kappa shape index (κ1) is 27.6. The van der Waals surface area contributed by atoms with Crippen molar-refractivity contribution in [2.75, 3.05) is 29.5 Å². The summed E-state index contributed by atoms with van der Waals surface area (Å²) in [7, 11) is -4.00. The lowest BCUT2D eigenvalue weighted by Crippen LogP contribution is -2.33. The van der Waals surface area contributed by atoms with Crippen LogP contribution in [0.5, 0.6) is 11.5 Å². The van der Waals surface area contributed by atoms with Crippen LogP contribution in [0.25, 0.3) is 0 Å². The number of anilines is 1. The summed E-state index contributed by atoms with van der Waals surface area (Å²) in [6, 6.07) is 17.4. The predicted octanol–water partition coefficient (Wildman–Crippen LogP) is 5.40.